The molecule has 9 heteroatoms. The Balaban J connectivity index is 2.06. The first-order chi connectivity index (χ1) is 11.5. The zero-order valence-electron chi connectivity index (χ0n) is 12.6. The molecule has 24 heavy (non-hydrogen) atoms. The van der Waals surface area contributed by atoms with Crippen LogP contribution >= 0.6 is 0 Å². The molecule has 0 saturated heterocycles. The summed E-state index contributed by atoms with van der Waals surface area (Å²) in [5.41, 5.74) is -0.195. The van der Waals surface area contributed by atoms with E-state index in [9.17, 15) is 19.3 Å². The number of nitrogens with zero attached hydrogens (tertiary/aromatic N) is 4. The molecular formula is C15H12FN5O3. The minimum Gasteiger partial charge on any atom is -0.321 e. The van der Waals surface area contributed by atoms with Gasteiger partial charge >= 0.3 is 0 Å². The Kier molecular flexibility index (Phi) is 3.90. The minimum atomic E-state index is -0.676. The van der Waals surface area contributed by atoms with Gasteiger partial charge < -0.3 is 5.32 Å². The van der Waals surface area contributed by atoms with Crippen molar-refractivity contribution < 1.29 is 9.31 Å². The lowest BCUT2D eigenvalue weighted by molar-refractivity contribution is -0.384. The highest BCUT2D eigenvalue weighted by Gasteiger charge is 2.13. The summed E-state index contributed by atoms with van der Waals surface area (Å²) in [6.07, 6.45) is 1.49. The lowest BCUT2D eigenvalue weighted by Gasteiger charge is -2.09. The average Bonchev–Trinajstić information content (AvgIpc) is 2.56. The van der Waals surface area contributed by atoms with Crippen LogP contribution in [-0.4, -0.2) is 19.5 Å². The van der Waals surface area contributed by atoms with Gasteiger partial charge in [0.1, 0.15) is 11.5 Å². The summed E-state index contributed by atoms with van der Waals surface area (Å²) in [6, 6.07) is 6.13. The smallest absolute Gasteiger partial charge is 0.271 e. The molecule has 2 aromatic heterocycles. The fourth-order valence-electron chi connectivity index (χ4n) is 2.28. The van der Waals surface area contributed by atoms with Gasteiger partial charge in [0.2, 0.25) is 5.95 Å². The van der Waals surface area contributed by atoms with Gasteiger partial charge in [-0.3, -0.25) is 19.5 Å². The maximum atomic E-state index is 13.8. The van der Waals surface area contributed by atoms with Gasteiger partial charge in [0, 0.05) is 36.3 Å². The van der Waals surface area contributed by atoms with Crippen LogP contribution in [0.1, 0.15) is 6.92 Å². The second-order valence-electron chi connectivity index (χ2n) is 4.93. The van der Waals surface area contributed by atoms with E-state index in [1.165, 1.54) is 16.8 Å². The third kappa shape index (κ3) is 2.78. The molecule has 122 valence electrons. The molecule has 0 radical (unpaired) electrons. The van der Waals surface area contributed by atoms with Crippen LogP contribution in [0.2, 0.25) is 0 Å². The fraction of sp³-hybridized carbons (Fsp3) is 0.133. The standard InChI is InChI=1S/C15H12FN5O3/c1-2-20-13(22)6-3-9-8-17-15(19-14(9)20)18-12-7-10(21(23)24)4-5-11(12)16/h3-8H,2H2,1H3,(H,17,18,19). The Morgan fingerprint density at radius 3 is 2.83 bits per heavy atom. The van der Waals surface area contributed by atoms with Gasteiger partial charge in [-0.05, 0) is 19.1 Å². The number of rotatable bonds is 4. The van der Waals surface area contributed by atoms with E-state index in [1.54, 1.807) is 13.0 Å². The molecule has 0 atom stereocenters. The van der Waals surface area contributed by atoms with E-state index >= 15 is 0 Å². The number of hydrogen-bond donors (Lipinski definition) is 1. The number of aryl methyl sites for hydroxylation is 1. The van der Waals surface area contributed by atoms with Gasteiger partial charge in [-0.15, -0.1) is 0 Å². The molecule has 0 aliphatic rings. The molecule has 0 amide bonds. The zero-order chi connectivity index (χ0) is 17.3. The van der Waals surface area contributed by atoms with Crippen molar-refractivity contribution in [1.29, 1.82) is 0 Å². The maximum absolute atomic E-state index is 13.8. The van der Waals surface area contributed by atoms with Crippen molar-refractivity contribution in [3.63, 3.8) is 0 Å². The molecule has 0 bridgehead atoms. The summed E-state index contributed by atoms with van der Waals surface area (Å²) in [5, 5.41) is 14.1. The van der Waals surface area contributed by atoms with Crippen molar-refractivity contribution >= 4 is 28.4 Å². The molecule has 1 aromatic carbocycles. The van der Waals surface area contributed by atoms with Crippen LogP contribution in [0.4, 0.5) is 21.7 Å². The van der Waals surface area contributed by atoms with Crippen molar-refractivity contribution in [1.82, 2.24) is 14.5 Å². The Hall–Kier alpha value is -3.36. The second kappa shape index (κ2) is 6.03. The maximum Gasteiger partial charge on any atom is 0.271 e. The normalized spacial score (nSPS) is 10.8. The highest BCUT2D eigenvalue weighted by atomic mass is 19.1. The largest absolute Gasteiger partial charge is 0.321 e. The van der Waals surface area contributed by atoms with Gasteiger partial charge in [-0.25, -0.2) is 9.37 Å². The van der Waals surface area contributed by atoms with E-state index in [4.69, 9.17) is 0 Å². The Morgan fingerprint density at radius 1 is 1.33 bits per heavy atom. The lowest BCUT2D eigenvalue weighted by atomic mass is 10.2. The van der Waals surface area contributed by atoms with Crippen LogP contribution in [0, 0.1) is 15.9 Å². The van der Waals surface area contributed by atoms with Crippen molar-refractivity contribution in [2.24, 2.45) is 0 Å². The monoisotopic (exact) mass is 329 g/mol. The number of anilines is 2. The third-order valence-corrected chi connectivity index (χ3v) is 3.45. The number of hydrogen-bond acceptors (Lipinski definition) is 6. The summed E-state index contributed by atoms with van der Waals surface area (Å²) in [7, 11) is 0. The molecule has 0 aliphatic carbocycles. The van der Waals surface area contributed by atoms with E-state index < -0.39 is 10.7 Å². The minimum absolute atomic E-state index is 0.0368. The Morgan fingerprint density at radius 2 is 2.12 bits per heavy atom. The Labute approximate surface area is 134 Å². The van der Waals surface area contributed by atoms with Crippen LogP contribution in [0.5, 0.6) is 0 Å². The summed E-state index contributed by atoms with van der Waals surface area (Å²) >= 11 is 0. The zero-order valence-corrected chi connectivity index (χ0v) is 12.6. The fourth-order valence-corrected chi connectivity index (χ4v) is 2.28. The molecule has 0 fully saturated rings. The van der Waals surface area contributed by atoms with Crippen LogP contribution in [0.3, 0.4) is 0 Å². The summed E-state index contributed by atoms with van der Waals surface area (Å²) in [4.78, 5) is 30.3. The number of nitro groups is 1. The SMILES string of the molecule is CCn1c(=O)ccc2cnc(Nc3cc([N+](=O)[O-])ccc3F)nc21. The topological polar surface area (TPSA) is 103 Å². The summed E-state index contributed by atoms with van der Waals surface area (Å²) in [6.45, 7) is 2.22. The molecule has 8 nitrogen and oxygen atoms in total. The molecule has 0 saturated carbocycles. The molecule has 1 N–H and O–H groups in total. The molecule has 3 rings (SSSR count). The van der Waals surface area contributed by atoms with Crippen molar-refractivity contribution in [2.45, 2.75) is 13.5 Å². The van der Waals surface area contributed by atoms with Crippen LogP contribution in [-0.2, 0) is 6.54 Å². The van der Waals surface area contributed by atoms with E-state index in [2.05, 4.69) is 15.3 Å². The molecular weight excluding hydrogens is 317 g/mol. The van der Waals surface area contributed by atoms with Crippen LogP contribution in [0.15, 0.2) is 41.3 Å². The predicted molar refractivity (Wildman–Crippen MR) is 85.8 cm³/mol. The number of nitrogens with one attached hydrogen (secondary N) is 1. The second-order valence-corrected chi connectivity index (χ2v) is 4.93. The molecule has 0 spiro atoms. The van der Waals surface area contributed by atoms with Crippen molar-refractivity contribution in [3.05, 3.63) is 62.8 Å². The average molecular weight is 329 g/mol. The van der Waals surface area contributed by atoms with Crippen molar-refractivity contribution in [2.75, 3.05) is 5.32 Å². The van der Waals surface area contributed by atoms with Gasteiger partial charge in [0.15, 0.2) is 0 Å². The summed E-state index contributed by atoms with van der Waals surface area (Å²) < 4.78 is 15.3. The highest BCUT2D eigenvalue weighted by Crippen LogP contribution is 2.24. The van der Waals surface area contributed by atoms with E-state index in [0.717, 1.165) is 18.2 Å². The van der Waals surface area contributed by atoms with Crippen molar-refractivity contribution in [3.8, 4) is 0 Å². The first-order valence-electron chi connectivity index (χ1n) is 7.07. The predicted octanol–water partition coefficient (Wildman–Crippen LogP) is 2.60. The highest BCUT2D eigenvalue weighted by molar-refractivity contribution is 5.75. The summed E-state index contributed by atoms with van der Waals surface area (Å²) in [5.74, 6) is -0.639. The molecule has 0 unspecified atom stereocenters. The number of nitro benzene ring substituents is 1. The number of non-ortho nitro benzene ring substituents is 1. The van der Waals surface area contributed by atoms with Gasteiger partial charge in [0.05, 0.1) is 10.6 Å². The van der Waals surface area contributed by atoms with Gasteiger partial charge in [-0.2, -0.15) is 4.98 Å². The van der Waals surface area contributed by atoms with E-state index in [-0.39, 0.29) is 22.9 Å². The lowest BCUT2D eigenvalue weighted by Crippen LogP contribution is -2.19. The number of fused-ring (bicyclic) bond motifs is 1. The first kappa shape index (κ1) is 15.5. The first-order valence-corrected chi connectivity index (χ1v) is 7.07. The number of halogens is 1. The number of benzene rings is 1. The third-order valence-electron chi connectivity index (χ3n) is 3.45. The van der Waals surface area contributed by atoms with Crippen LogP contribution < -0.4 is 10.9 Å². The van der Waals surface area contributed by atoms with E-state index in [0.29, 0.717) is 17.6 Å². The Bertz CT molecular complexity index is 1000. The van der Waals surface area contributed by atoms with Crippen LogP contribution in [0.25, 0.3) is 11.0 Å². The molecule has 0 aliphatic heterocycles. The molecule has 2 heterocycles. The quantitative estimate of drug-likeness (QED) is 0.583. The number of aromatic nitrogens is 3. The van der Waals surface area contributed by atoms with Gasteiger partial charge in [0.25, 0.3) is 11.2 Å². The molecule has 3 aromatic rings. The van der Waals surface area contributed by atoms with Gasteiger partial charge in [-0.1, -0.05) is 0 Å². The van der Waals surface area contributed by atoms with E-state index in [1.807, 2.05) is 0 Å². The number of pyridine rings is 1.